The first-order chi connectivity index (χ1) is 22.7. The largest absolute Gasteiger partial charge is 0.394 e. The lowest BCUT2D eigenvalue weighted by molar-refractivity contribution is -0.385. The second kappa shape index (κ2) is 16.8. The number of aliphatic hydroxyl groups excluding tert-OH is 13. The average Bonchev–Trinajstić information content (AvgIpc) is 3.06. The third-order valence-corrected chi connectivity index (χ3v) is 8.61. The molecule has 22 nitrogen and oxygen atoms in total. The first-order valence-electron chi connectivity index (χ1n) is 15.1. The van der Waals surface area contributed by atoms with Gasteiger partial charge in [0.05, 0.1) is 26.4 Å². The number of ether oxygens (including phenoxy) is 7. The highest BCUT2D eigenvalue weighted by molar-refractivity contribution is 5.73. The number of amides is 1. The zero-order valence-electron chi connectivity index (χ0n) is 25.5. The van der Waals surface area contributed by atoms with E-state index in [4.69, 9.17) is 33.2 Å². The molecule has 0 radical (unpaired) electrons. The van der Waals surface area contributed by atoms with E-state index in [9.17, 15) is 71.2 Å². The minimum atomic E-state index is -2.03. The van der Waals surface area contributed by atoms with Crippen molar-refractivity contribution >= 4 is 5.91 Å². The van der Waals surface area contributed by atoms with Gasteiger partial charge in [0.25, 0.3) is 0 Å². The molecular weight excluding hydrogens is 662 g/mol. The van der Waals surface area contributed by atoms with Crippen molar-refractivity contribution in [2.75, 3.05) is 26.4 Å². The molecular formula is C26H45NO21. The summed E-state index contributed by atoms with van der Waals surface area (Å²) >= 11 is 0. The molecule has 4 saturated heterocycles. The molecule has 4 aliphatic rings. The van der Waals surface area contributed by atoms with Crippen LogP contribution in [0.2, 0.25) is 0 Å². The van der Waals surface area contributed by atoms with E-state index in [0.29, 0.717) is 0 Å². The summed E-state index contributed by atoms with van der Waals surface area (Å²) in [4.78, 5) is 11.8. The van der Waals surface area contributed by atoms with Gasteiger partial charge < -0.3 is 105 Å². The fourth-order valence-electron chi connectivity index (χ4n) is 5.95. The number of aliphatic hydroxyl groups is 13. The summed E-state index contributed by atoms with van der Waals surface area (Å²) in [6, 6.07) is -1.49. The molecule has 22 heteroatoms. The summed E-state index contributed by atoms with van der Waals surface area (Å²) in [5.74, 6) is -0.693. The number of carbonyl (C=O) groups is 1. The van der Waals surface area contributed by atoms with Crippen molar-refractivity contribution in [3.8, 4) is 0 Å². The predicted molar refractivity (Wildman–Crippen MR) is 145 cm³/mol. The van der Waals surface area contributed by atoms with E-state index in [1.807, 2.05) is 0 Å². The molecule has 0 bridgehead atoms. The van der Waals surface area contributed by atoms with E-state index in [0.717, 1.165) is 6.92 Å². The minimum absolute atomic E-state index is 0.693. The van der Waals surface area contributed by atoms with Crippen molar-refractivity contribution in [1.29, 1.82) is 0 Å². The third kappa shape index (κ3) is 8.08. The van der Waals surface area contributed by atoms with Crippen LogP contribution in [0.5, 0.6) is 0 Å². The molecule has 4 rings (SSSR count). The van der Waals surface area contributed by atoms with Crippen LogP contribution in [0.3, 0.4) is 0 Å². The third-order valence-electron chi connectivity index (χ3n) is 8.61. The van der Waals surface area contributed by atoms with Crippen LogP contribution in [0.1, 0.15) is 6.92 Å². The molecule has 48 heavy (non-hydrogen) atoms. The van der Waals surface area contributed by atoms with Crippen LogP contribution in [0, 0.1) is 0 Å². The van der Waals surface area contributed by atoms with Crippen molar-refractivity contribution in [3.05, 3.63) is 0 Å². The van der Waals surface area contributed by atoms with Gasteiger partial charge in [0.15, 0.2) is 25.2 Å². The fourth-order valence-corrected chi connectivity index (χ4v) is 5.95. The first-order valence-corrected chi connectivity index (χ1v) is 15.1. The Labute approximate surface area is 272 Å². The summed E-state index contributed by atoms with van der Waals surface area (Å²) in [6.45, 7) is -2.35. The molecule has 1 amide bonds. The summed E-state index contributed by atoms with van der Waals surface area (Å²) in [5.41, 5.74) is 0. The predicted octanol–water partition coefficient (Wildman–Crippen LogP) is -9.61. The Balaban J connectivity index is 1.51. The van der Waals surface area contributed by atoms with Gasteiger partial charge in [-0.15, -0.1) is 0 Å². The van der Waals surface area contributed by atoms with Gasteiger partial charge in [-0.1, -0.05) is 0 Å². The number of hydrogen-bond acceptors (Lipinski definition) is 21. The van der Waals surface area contributed by atoms with Crippen molar-refractivity contribution in [3.63, 3.8) is 0 Å². The van der Waals surface area contributed by atoms with Gasteiger partial charge in [-0.3, -0.25) is 4.79 Å². The Kier molecular flexibility index (Phi) is 13.8. The number of rotatable bonds is 11. The molecule has 4 fully saturated rings. The molecule has 280 valence electrons. The minimum Gasteiger partial charge on any atom is -0.394 e. The number of carbonyl (C=O) groups excluding carboxylic acids is 1. The summed E-state index contributed by atoms with van der Waals surface area (Å²) in [7, 11) is 0. The molecule has 0 spiro atoms. The highest BCUT2D eigenvalue weighted by atomic mass is 16.8. The van der Waals surface area contributed by atoms with Crippen LogP contribution < -0.4 is 5.32 Å². The summed E-state index contributed by atoms with van der Waals surface area (Å²) < 4.78 is 38.4. The van der Waals surface area contributed by atoms with E-state index < -0.39 is 155 Å². The average molecular weight is 708 g/mol. The topological polar surface area (TPSA) is 357 Å². The van der Waals surface area contributed by atoms with Gasteiger partial charge in [0, 0.05) is 6.92 Å². The molecule has 14 N–H and O–H groups in total. The quantitative estimate of drug-likeness (QED) is 0.0947. The maximum absolute atomic E-state index is 11.8. The van der Waals surface area contributed by atoms with E-state index in [1.165, 1.54) is 0 Å². The van der Waals surface area contributed by atoms with Crippen LogP contribution in [-0.4, -0.2) is 221 Å². The zero-order valence-corrected chi connectivity index (χ0v) is 25.5. The van der Waals surface area contributed by atoms with Crippen molar-refractivity contribution in [2.45, 2.75) is 130 Å². The van der Waals surface area contributed by atoms with Gasteiger partial charge in [0.1, 0.15) is 97.6 Å². The Morgan fingerprint density at radius 3 is 1.48 bits per heavy atom. The molecule has 1 unspecified atom stereocenters. The summed E-state index contributed by atoms with van der Waals surface area (Å²) in [6.07, 6.45) is -33.5. The maximum atomic E-state index is 11.8. The van der Waals surface area contributed by atoms with Gasteiger partial charge in [-0.2, -0.15) is 0 Å². The molecule has 0 saturated carbocycles. The molecule has 0 aromatic rings. The van der Waals surface area contributed by atoms with Crippen LogP contribution in [0.4, 0.5) is 0 Å². The lowest BCUT2D eigenvalue weighted by Gasteiger charge is -2.49. The van der Waals surface area contributed by atoms with Crippen molar-refractivity contribution in [1.82, 2.24) is 5.32 Å². The van der Waals surface area contributed by atoms with E-state index in [2.05, 4.69) is 5.32 Å². The molecule has 0 aromatic heterocycles. The molecule has 20 atom stereocenters. The second-order valence-corrected chi connectivity index (χ2v) is 11.9. The standard InChI is InChI=1S/C26H45NO21/c1-6(32)27-11-14(35)12(33)7(2-28)43-24(11)48-22-13(34)8(3-29)44-26(19(22)40)47-21-10(5-31)45-25(18(39)16(21)37)46-20-9(4-30)42-23(41)17(38)15(20)36/h7-26,28-31,33-41H,2-5H2,1H3,(H,27,32)/t7-,8-,9-,10-,11-,12-,13-,14-,15-,16-,17-,18-,19-,20-,21-,22+,23?,24+,25-,26-/m1/s1. The maximum Gasteiger partial charge on any atom is 0.217 e. The highest BCUT2D eigenvalue weighted by Crippen LogP contribution is 2.34. The van der Waals surface area contributed by atoms with Crippen LogP contribution in [0.15, 0.2) is 0 Å². The molecule has 0 aromatic carbocycles. The van der Waals surface area contributed by atoms with Crippen LogP contribution in [-0.2, 0) is 38.0 Å². The highest BCUT2D eigenvalue weighted by Gasteiger charge is 2.55. The Morgan fingerprint density at radius 1 is 0.500 bits per heavy atom. The second-order valence-electron chi connectivity index (χ2n) is 11.9. The smallest absolute Gasteiger partial charge is 0.217 e. The fraction of sp³-hybridized carbons (Fsp3) is 0.962. The molecule has 4 aliphatic heterocycles. The van der Waals surface area contributed by atoms with Crippen LogP contribution in [0.25, 0.3) is 0 Å². The SMILES string of the molecule is CC(=O)N[C@H]1[C@H](O[C@@H]2[C@@H](O)[C@@H](O[C@H]3[C@H](O)[C@@H](O)[C@@H](O[C@H]4[C@H](O)[C@@H](O)C(O)O[C@@H]4CO)O[C@@H]3CO)O[C@H](CO)[C@H]2O)O[C@H](CO)[C@@H](O)[C@@H]1O. The van der Waals surface area contributed by atoms with E-state index in [1.54, 1.807) is 0 Å². The molecule has 0 aliphatic carbocycles. The lowest BCUT2D eigenvalue weighted by atomic mass is 9.95. The van der Waals surface area contributed by atoms with Gasteiger partial charge in [-0.25, -0.2) is 0 Å². The van der Waals surface area contributed by atoms with E-state index in [-0.39, 0.29) is 0 Å². The Hall–Kier alpha value is -1.33. The first kappa shape index (κ1) is 39.5. The van der Waals surface area contributed by atoms with Crippen LogP contribution >= 0.6 is 0 Å². The van der Waals surface area contributed by atoms with Gasteiger partial charge in [-0.05, 0) is 0 Å². The molecule has 4 heterocycles. The Morgan fingerprint density at radius 2 is 0.938 bits per heavy atom. The monoisotopic (exact) mass is 707 g/mol. The van der Waals surface area contributed by atoms with Gasteiger partial charge in [0.2, 0.25) is 5.91 Å². The normalized spacial score (nSPS) is 50.2. The van der Waals surface area contributed by atoms with Gasteiger partial charge >= 0.3 is 0 Å². The zero-order chi connectivity index (χ0) is 35.6. The summed E-state index contributed by atoms with van der Waals surface area (Å²) in [5, 5.41) is 136. The Bertz CT molecular complexity index is 1030. The van der Waals surface area contributed by atoms with Crippen molar-refractivity contribution < 1.29 is 104 Å². The lowest BCUT2D eigenvalue weighted by Crippen LogP contribution is -2.69. The number of nitrogens with one attached hydrogen (secondary N) is 1. The van der Waals surface area contributed by atoms with E-state index >= 15 is 0 Å². The number of hydrogen-bond donors (Lipinski definition) is 14. The van der Waals surface area contributed by atoms with Crippen molar-refractivity contribution in [2.24, 2.45) is 0 Å².